The Labute approximate surface area is 202 Å². The molecular formula is C23H28N8O4. The van der Waals surface area contributed by atoms with Crippen molar-refractivity contribution in [3.05, 3.63) is 47.6 Å². The van der Waals surface area contributed by atoms with Crippen LogP contribution in [0.2, 0.25) is 0 Å². The summed E-state index contributed by atoms with van der Waals surface area (Å²) in [6, 6.07) is 1.73. The molecule has 35 heavy (non-hydrogen) atoms. The van der Waals surface area contributed by atoms with Crippen LogP contribution in [0.25, 0.3) is 5.65 Å². The number of hydrogen-bond acceptors (Lipinski definition) is 10. The van der Waals surface area contributed by atoms with E-state index in [1.54, 1.807) is 35.8 Å². The van der Waals surface area contributed by atoms with Crippen LogP contribution in [-0.2, 0) is 14.3 Å². The molecule has 2 aromatic heterocycles. The van der Waals surface area contributed by atoms with E-state index < -0.39 is 0 Å². The molecule has 1 amide bonds. The average molecular weight is 481 g/mol. The lowest BCUT2D eigenvalue weighted by molar-refractivity contribution is -0.0442. The topological polar surface area (TPSA) is 125 Å². The largest absolute Gasteiger partial charge is 0.379 e. The van der Waals surface area contributed by atoms with Gasteiger partial charge in [0, 0.05) is 39.5 Å². The van der Waals surface area contributed by atoms with E-state index in [9.17, 15) is 9.59 Å². The van der Waals surface area contributed by atoms with Crippen molar-refractivity contribution >= 4 is 29.1 Å². The number of hydrogen-bond donors (Lipinski definition) is 3. The molecular weight excluding hydrogens is 452 g/mol. The minimum absolute atomic E-state index is 0.0214. The third-order valence-electron chi connectivity index (χ3n) is 6.43. The first-order valence-electron chi connectivity index (χ1n) is 11.6. The summed E-state index contributed by atoms with van der Waals surface area (Å²) in [6.45, 7) is 2.50. The van der Waals surface area contributed by atoms with Gasteiger partial charge in [-0.05, 0) is 25.0 Å². The van der Waals surface area contributed by atoms with Crippen LogP contribution < -0.4 is 16.0 Å². The maximum atomic E-state index is 13.0. The second-order valence-corrected chi connectivity index (χ2v) is 8.41. The van der Waals surface area contributed by atoms with E-state index in [0.29, 0.717) is 60.5 Å². The second-order valence-electron chi connectivity index (χ2n) is 8.41. The highest BCUT2D eigenvalue weighted by Crippen LogP contribution is 2.26. The number of carbonyl (C=O) groups excluding carboxylic acids is 2. The molecule has 12 heteroatoms. The predicted octanol–water partition coefficient (Wildman–Crippen LogP) is 0.766. The number of nitrogens with zero attached hydrogens (tertiary/aromatic N) is 5. The lowest BCUT2D eigenvalue weighted by atomic mass is 9.89. The average Bonchev–Trinajstić information content (AvgIpc) is 3.31. The summed E-state index contributed by atoms with van der Waals surface area (Å²) in [4.78, 5) is 29.6. The summed E-state index contributed by atoms with van der Waals surface area (Å²) in [5.41, 5.74) is 1.62. The van der Waals surface area contributed by atoms with Crippen LogP contribution in [0.4, 0.5) is 11.6 Å². The zero-order valence-electron chi connectivity index (χ0n) is 19.7. The van der Waals surface area contributed by atoms with Crippen LogP contribution >= 0.6 is 0 Å². The number of rotatable bonds is 7. The normalized spacial score (nSPS) is 22.4. The number of nitrogens with one attached hydrogen (secondary N) is 3. The molecule has 5 rings (SSSR count). The molecule has 184 valence electrons. The molecule has 2 aliphatic heterocycles. The van der Waals surface area contributed by atoms with E-state index in [0.717, 1.165) is 12.8 Å². The Hall–Kier alpha value is -3.70. The standard InChI is InChI=1S/C23H28N8O4/c1-24-21-12-20(26-16-4-3-7-30(18(16)14-32)29-8-10-35-11-9-29)28-22-15(13-25-31(21)22)23(33)27-17-5-6-19(17)34-2/h3-4,7,12-13,17,19,24H,5-6,8-11H2,1-2H3,(H,26,28)(H,27,33)/t17-,19-/m1/s1. The Morgan fingerprint density at radius 2 is 2.11 bits per heavy atom. The van der Waals surface area contributed by atoms with E-state index in [2.05, 4.69) is 26.0 Å². The van der Waals surface area contributed by atoms with Gasteiger partial charge in [-0.15, -0.1) is 0 Å². The SMILES string of the molecule is CNc1cc(NC2=CC=CN(N3CCOCC3)C2=C=O)nc2c(C(=O)N[C@@H]3CC[C@H]3OC)cnn12. The summed E-state index contributed by atoms with van der Waals surface area (Å²) in [5.74, 6) is 2.87. The Kier molecular flexibility index (Phi) is 6.51. The molecule has 12 nitrogen and oxygen atoms in total. The van der Waals surface area contributed by atoms with E-state index >= 15 is 0 Å². The molecule has 0 unspecified atom stereocenters. The van der Waals surface area contributed by atoms with Gasteiger partial charge in [-0.2, -0.15) is 9.61 Å². The van der Waals surface area contributed by atoms with Crippen LogP contribution in [-0.4, -0.2) is 89.1 Å². The first-order chi connectivity index (χ1) is 17.1. The second kappa shape index (κ2) is 9.88. The van der Waals surface area contributed by atoms with Crippen molar-refractivity contribution in [1.29, 1.82) is 0 Å². The quantitative estimate of drug-likeness (QED) is 0.489. The van der Waals surface area contributed by atoms with Gasteiger partial charge in [0.2, 0.25) is 0 Å². The first kappa shape index (κ1) is 23.1. The number of hydrazine groups is 1. The van der Waals surface area contributed by atoms with Gasteiger partial charge in [-0.3, -0.25) is 9.80 Å². The highest BCUT2D eigenvalue weighted by molar-refractivity contribution is 6.00. The monoisotopic (exact) mass is 480 g/mol. The molecule has 3 N–H and O–H groups in total. The molecule has 1 aliphatic carbocycles. The summed E-state index contributed by atoms with van der Waals surface area (Å²) in [6.07, 6.45) is 8.76. The van der Waals surface area contributed by atoms with Crippen LogP contribution in [0, 0.1) is 0 Å². The van der Waals surface area contributed by atoms with Crippen LogP contribution in [0.1, 0.15) is 23.2 Å². The fraction of sp³-hybridized carbons (Fsp3) is 0.435. The summed E-state index contributed by atoms with van der Waals surface area (Å²) in [5, 5.41) is 17.5. The molecule has 0 radical (unpaired) electrons. The minimum atomic E-state index is -0.259. The molecule has 4 heterocycles. The Morgan fingerprint density at radius 1 is 1.29 bits per heavy atom. The van der Waals surface area contributed by atoms with Crippen molar-refractivity contribution in [2.75, 3.05) is 51.1 Å². The van der Waals surface area contributed by atoms with E-state index in [4.69, 9.17) is 9.47 Å². The Balaban J connectivity index is 1.41. The highest BCUT2D eigenvalue weighted by atomic mass is 16.5. The maximum absolute atomic E-state index is 13.0. The van der Waals surface area contributed by atoms with Crippen molar-refractivity contribution in [1.82, 2.24) is 29.9 Å². The van der Waals surface area contributed by atoms with Gasteiger partial charge in [0.05, 0.1) is 37.3 Å². The third kappa shape index (κ3) is 4.40. The zero-order chi connectivity index (χ0) is 24.4. The molecule has 0 bridgehead atoms. The Bertz CT molecular complexity index is 1220. The lowest BCUT2D eigenvalue weighted by Crippen LogP contribution is -2.51. The van der Waals surface area contributed by atoms with Gasteiger partial charge in [-0.1, -0.05) is 0 Å². The fourth-order valence-electron chi connectivity index (χ4n) is 4.37. The molecule has 1 saturated carbocycles. The van der Waals surface area contributed by atoms with Gasteiger partial charge >= 0.3 is 0 Å². The summed E-state index contributed by atoms with van der Waals surface area (Å²) in [7, 11) is 3.41. The number of carbonyl (C=O) groups is 1. The number of ether oxygens (including phenoxy) is 2. The highest BCUT2D eigenvalue weighted by Gasteiger charge is 2.33. The number of anilines is 2. The van der Waals surface area contributed by atoms with Crippen molar-refractivity contribution in [2.45, 2.75) is 25.0 Å². The maximum Gasteiger partial charge on any atom is 0.257 e. The van der Waals surface area contributed by atoms with Crippen LogP contribution in [0.3, 0.4) is 0 Å². The molecule has 0 aromatic carbocycles. The fourth-order valence-corrected chi connectivity index (χ4v) is 4.37. The van der Waals surface area contributed by atoms with Crippen molar-refractivity contribution in [3.8, 4) is 0 Å². The number of amides is 1. The van der Waals surface area contributed by atoms with Gasteiger partial charge in [0.25, 0.3) is 5.91 Å². The smallest absolute Gasteiger partial charge is 0.257 e. The molecule has 2 atom stereocenters. The number of allylic oxidation sites excluding steroid dienone is 2. The van der Waals surface area contributed by atoms with Gasteiger partial charge in [0.15, 0.2) is 17.3 Å². The van der Waals surface area contributed by atoms with Crippen molar-refractivity contribution in [3.63, 3.8) is 0 Å². The number of morpholine rings is 1. The van der Waals surface area contributed by atoms with E-state index in [-0.39, 0.29) is 18.1 Å². The summed E-state index contributed by atoms with van der Waals surface area (Å²) >= 11 is 0. The molecule has 2 fully saturated rings. The lowest BCUT2D eigenvalue weighted by Gasteiger charge is -2.38. The molecule has 0 spiro atoms. The molecule has 3 aliphatic rings. The minimum Gasteiger partial charge on any atom is -0.379 e. The summed E-state index contributed by atoms with van der Waals surface area (Å²) < 4.78 is 12.4. The molecule has 1 saturated heterocycles. The third-order valence-corrected chi connectivity index (χ3v) is 6.43. The van der Waals surface area contributed by atoms with Gasteiger partial charge in [0.1, 0.15) is 17.2 Å². The zero-order valence-corrected chi connectivity index (χ0v) is 19.7. The van der Waals surface area contributed by atoms with E-state index in [1.807, 2.05) is 23.2 Å². The Morgan fingerprint density at radius 3 is 2.80 bits per heavy atom. The van der Waals surface area contributed by atoms with Crippen LogP contribution in [0.15, 0.2) is 42.0 Å². The molecule has 2 aromatic rings. The number of fused-ring (bicyclic) bond motifs is 1. The predicted molar refractivity (Wildman–Crippen MR) is 128 cm³/mol. The van der Waals surface area contributed by atoms with E-state index in [1.165, 1.54) is 6.20 Å². The van der Waals surface area contributed by atoms with Crippen molar-refractivity contribution in [2.24, 2.45) is 0 Å². The number of methoxy groups -OCH3 is 1. The number of aromatic nitrogens is 3. The van der Waals surface area contributed by atoms with Crippen molar-refractivity contribution < 1.29 is 19.1 Å². The van der Waals surface area contributed by atoms with Gasteiger partial charge < -0.3 is 25.4 Å². The van der Waals surface area contributed by atoms with Crippen LogP contribution in [0.5, 0.6) is 0 Å². The van der Waals surface area contributed by atoms with Gasteiger partial charge in [-0.25, -0.2) is 14.8 Å². The first-order valence-corrected chi connectivity index (χ1v) is 11.6.